The molecule has 0 aromatic rings. The summed E-state index contributed by atoms with van der Waals surface area (Å²) in [6.45, 7) is -11.8. The number of carboxylic acids is 1. The molecule has 71 heavy (non-hydrogen) atoms. The predicted molar refractivity (Wildman–Crippen MR) is 255 cm³/mol. The summed E-state index contributed by atoms with van der Waals surface area (Å²) in [4.78, 5) is 14.8. The summed E-state index contributed by atoms with van der Waals surface area (Å²) < 4.78 is 0. The minimum absolute atomic E-state index is 0.0717. The number of aliphatic hydroxyl groups is 21. The van der Waals surface area contributed by atoms with Gasteiger partial charge in [-0.15, -0.1) is 0 Å². The largest absolute Gasteiger partial charge is 0.481 e. The van der Waals surface area contributed by atoms with Gasteiger partial charge in [0.2, 0.25) is 0 Å². The number of hydrogen-bond acceptors (Lipinski definition) is 22. The Morgan fingerprint density at radius 1 is 0.282 bits per heavy atom. The van der Waals surface area contributed by atoms with Crippen molar-refractivity contribution in [2.75, 3.05) is 72.7 Å². The van der Waals surface area contributed by atoms with E-state index in [0.717, 1.165) is 32.1 Å². The Morgan fingerprint density at radius 3 is 0.775 bits per heavy atom. The fraction of sp³-hybridized carbons (Fsp3) is 0.979. The summed E-state index contributed by atoms with van der Waals surface area (Å²) in [5, 5.41) is 247. The Labute approximate surface area is 418 Å². The molecular weight excluding hydrogens is 945 g/mol. The van der Waals surface area contributed by atoms with Gasteiger partial charge in [0.1, 0.15) is 0 Å². The van der Waals surface area contributed by atoms with Crippen molar-refractivity contribution in [1.29, 1.82) is 0 Å². The highest BCUT2D eigenvalue weighted by atomic mass is 16.4. The first-order valence-corrected chi connectivity index (χ1v) is 25.3. The third-order valence-electron chi connectivity index (χ3n) is 15.3. The van der Waals surface area contributed by atoms with Gasteiger partial charge in [0.25, 0.3) is 0 Å². The third-order valence-corrected chi connectivity index (χ3v) is 15.3. The lowest BCUT2D eigenvalue weighted by molar-refractivity contribution is -0.290. The van der Waals surface area contributed by atoms with Gasteiger partial charge in [-0.3, -0.25) is 4.79 Å². The molecule has 0 aliphatic carbocycles. The maximum Gasteiger partial charge on any atom is 0.310 e. The molecule has 23 nitrogen and oxygen atoms in total. The minimum Gasteiger partial charge on any atom is -0.481 e. The molecule has 0 saturated heterocycles. The molecule has 0 heterocycles. The highest BCUT2D eigenvalue weighted by Gasteiger charge is 2.76. The molecule has 426 valence electrons. The minimum atomic E-state index is -3.12. The summed E-state index contributed by atoms with van der Waals surface area (Å²) in [7, 11) is 0. The molecule has 0 aliphatic heterocycles. The summed E-state index contributed by atoms with van der Waals surface area (Å²) in [6, 6.07) is 0. The van der Waals surface area contributed by atoms with Crippen LogP contribution in [0.1, 0.15) is 135 Å². The van der Waals surface area contributed by atoms with Crippen molar-refractivity contribution in [3.05, 3.63) is 0 Å². The maximum atomic E-state index is 14.8. The number of aliphatic hydroxyl groups excluding tert-OH is 21. The lowest BCUT2D eigenvalue weighted by Crippen LogP contribution is -2.72. The van der Waals surface area contributed by atoms with Gasteiger partial charge in [-0.1, -0.05) is 57.8 Å². The van der Waals surface area contributed by atoms with Crippen LogP contribution in [-0.4, -0.2) is 252 Å². The first-order chi connectivity index (χ1) is 33.5. The van der Waals surface area contributed by atoms with Crippen molar-refractivity contribution >= 4 is 5.97 Å². The molecule has 23 heteroatoms. The number of unbranched alkanes of at least 4 members (excludes halogenated alkanes) is 9. The van der Waals surface area contributed by atoms with E-state index in [1.54, 1.807) is 0 Å². The molecule has 0 rings (SSSR count). The molecule has 10 unspecified atom stereocenters. The van der Waals surface area contributed by atoms with E-state index in [-0.39, 0.29) is 19.4 Å². The van der Waals surface area contributed by atoms with Crippen LogP contribution >= 0.6 is 0 Å². The van der Waals surface area contributed by atoms with E-state index in [2.05, 4.69) is 0 Å². The lowest BCUT2D eigenvalue weighted by Gasteiger charge is -2.73. The molecule has 0 bridgehead atoms. The second-order valence-corrected chi connectivity index (χ2v) is 20.3. The molecule has 0 aromatic heterocycles. The van der Waals surface area contributed by atoms with Crippen LogP contribution in [0.25, 0.3) is 0 Å². The summed E-state index contributed by atoms with van der Waals surface area (Å²) >= 11 is 0. The van der Waals surface area contributed by atoms with Crippen LogP contribution in [0.5, 0.6) is 0 Å². The average Bonchev–Trinajstić information content (AvgIpc) is 3.35. The molecule has 0 saturated carbocycles. The van der Waals surface area contributed by atoms with Crippen molar-refractivity contribution in [2.45, 2.75) is 196 Å². The van der Waals surface area contributed by atoms with Gasteiger partial charge < -0.3 is 112 Å². The van der Waals surface area contributed by atoms with Crippen LogP contribution in [0.3, 0.4) is 0 Å². The quantitative estimate of drug-likeness (QED) is 0.0257. The van der Waals surface area contributed by atoms with Gasteiger partial charge in [0.05, 0.1) is 133 Å². The van der Waals surface area contributed by atoms with Crippen molar-refractivity contribution in [2.24, 2.45) is 27.1 Å². The fourth-order valence-electron chi connectivity index (χ4n) is 12.6. The molecule has 10 atom stereocenters. The van der Waals surface area contributed by atoms with Crippen molar-refractivity contribution in [3.8, 4) is 0 Å². The standard InChI is InChI=1S/C48H96O23/c49-12-10-8-6-4-2-1-3-5-7-9-11-44(13-33(60)23-50,14-34(61)24-51)46(17-37(64)27-54,18-38(65)28-55)48(21-41(68)31-58,22-42(69)32-59)47(19-39(66)29-56,20-40(67)30-57)45(43(70)71,15-35(62)25-52)16-36(63)26-53/h33-42,49-69H,1-32H2,(H,70,71). The van der Waals surface area contributed by atoms with Crippen LogP contribution < -0.4 is 0 Å². The van der Waals surface area contributed by atoms with Crippen LogP contribution in [0, 0.1) is 27.1 Å². The number of carbonyl (C=O) groups is 1. The van der Waals surface area contributed by atoms with Gasteiger partial charge in [0, 0.05) is 6.61 Å². The maximum absolute atomic E-state index is 14.8. The van der Waals surface area contributed by atoms with Crippen molar-refractivity contribution < 1.29 is 117 Å². The fourth-order valence-corrected chi connectivity index (χ4v) is 12.6. The third kappa shape index (κ3) is 19.6. The Kier molecular flexibility index (Phi) is 35.1. The van der Waals surface area contributed by atoms with Gasteiger partial charge in [-0.05, 0) is 98.7 Å². The summed E-state index contributed by atoms with van der Waals surface area (Å²) in [5.41, 5.74) is -13.9. The smallest absolute Gasteiger partial charge is 0.310 e. The molecule has 0 aromatic carbocycles. The van der Waals surface area contributed by atoms with Gasteiger partial charge >= 0.3 is 5.97 Å². The van der Waals surface area contributed by atoms with E-state index < -0.39 is 224 Å². The lowest BCUT2D eigenvalue weighted by atomic mass is 9.31. The zero-order valence-electron chi connectivity index (χ0n) is 41.6. The first kappa shape index (κ1) is 69.6. The molecule has 0 amide bonds. The van der Waals surface area contributed by atoms with Gasteiger partial charge in [-0.2, -0.15) is 0 Å². The zero-order chi connectivity index (χ0) is 54.5. The van der Waals surface area contributed by atoms with Crippen LogP contribution in [0.15, 0.2) is 0 Å². The second kappa shape index (κ2) is 35.8. The van der Waals surface area contributed by atoms with Crippen molar-refractivity contribution in [1.82, 2.24) is 0 Å². The zero-order valence-corrected chi connectivity index (χ0v) is 41.6. The molecule has 0 aliphatic rings. The predicted octanol–water partition coefficient (Wildman–Crippen LogP) is -4.28. The molecular formula is C48H96O23. The van der Waals surface area contributed by atoms with E-state index in [0.29, 0.717) is 25.7 Å². The highest BCUT2D eigenvalue weighted by Crippen LogP contribution is 2.77. The number of aliphatic carboxylic acids is 1. The van der Waals surface area contributed by atoms with Crippen molar-refractivity contribution in [3.63, 3.8) is 0 Å². The first-order valence-electron chi connectivity index (χ1n) is 25.3. The normalized spacial score (nSPS) is 21.0. The van der Waals surface area contributed by atoms with Crippen LogP contribution in [-0.2, 0) is 4.79 Å². The summed E-state index contributed by atoms with van der Waals surface area (Å²) in [6.07, 6.45) is -25.3. The molecule has 0 radical (unpaired) electrons. The van der Waals surface area contributed by atoms with E-state index in [1.165, 1.54) is 0 Å². The van der Waals surface area contributed by atoms with E-state index >= 15 is 0 Å². The SMILES string of the molecule is O=C(O)C(CC(O)CO)(CC(O)CO)C(CC(O)CO)(CC(O)CO)C(CC(O)CO)(CC(O)CO)C(CC(O)CO)(CC(O)CO)C(CCCCCCCCCCCCO)(CC(O)CO)CC(O)CO. The highest BCUT2D eigenvalue weighted by molar-refractivity contribution is 5.76. The Balaban J connectivity index is 10.3. The Bertz CT molecular complexity index is 1290. The Hall–Kier alpha value is -1.37. The monoisotopic (exact) mass is 1040 g/mol. The van der Waals surface area contributed by atoms with Gasteiger partial charge in [0.15, 0.2) is 0 Å². The van der Waals surface area contributed by atoms with E-state index in [9.17, 15) is 112 Å². The number of rotatable bonds is 47. The number of hydrogen-bond donors (Lipinski definition) is 22. The molecule has 0 fully saturated rings. The average molecular weight is 1040 g/mol. The molecule has 22 N–H and O–H groups in total. The van der Waals surface area contributed by atoms with Crippen LogP contribution in [0.2, 0.25) is 0 Å². The Morgan fingerprint density at radius 2 is 0.507 bits per heavy atom. The van der Waals surface area contributed by atoms with Crippen LogP contribution in [0.4, 0.5) is 0 Å². The van der Waals surface area contributed by atoms with E-state index in [1.807, 2.05) is 0 Å². The summed E-state index contributed by atoms with van der Waals surface area (Å²) in [5.74, 6) is -2.06. The second-order valence-electron chi connectivity index (χ2n) is 20.3. The topological polar surface area (TPSA) is 462 Å². The number of carboxylic acid groups (broad SMARTS) is 1. The molecule has 0 spiro atoms. The van der Waals surface area contributed by atoms with E-state index in [4.69, 9.17) is 5.11 Å². The van der Waals surface area contributed by atoms with Gasteiger partial charge in [-0.25, -0.2) is 0 Å².